The first-order valence-electron chi connectivity index (χ1n) is 14.2. The van der Waals surface area contributed by atoms with Crippen LogP contribution < -0.4 is 10.5 Å². The lowest BCUT2D eigenvalue weighted by molar-refractivity contribution is 0.0689. The summed E-state index contributed by atoms with van der Waals surface area (Å²) in [6.07, 6.45) is 3.04. The molecule has 0 fully saturated rings. The fraction of sp³-hybridized carbons (Fsp3) is 0.0882. The molecule has 0 saturated heterocycles. The van der Waals surface area contributed by atoms with Crippen molar-refractivity contribution < 1.29 is 49.4 Å². The first-order chi connectivity index (χ1) is 23.3. The molecule has 0 unspecified atom stereocenters. The number of nitrogens with one attached hydrogen (secondary N) is 1. The lowest BCUT2D eigenvalue weighted by Gasteiger charge is -2.32. The number of rotatable bonds is 6. The van der Waals surface area contributed by atoms with E-state index in [1.54, 1.807) is 30.3 Å². The molecule has 1 aliphatic heterocycles. The second-order valence-corrected chi connectivity index (χ2v) is 10.7. The lowest BCUT2D eigenvalue weighted by Crippen LogP contribution is -2.27. The summed E-state index contributed by atoms with van der Waals surface area (Å²) in [7, 11) is 0. The van der Waals surface area contributed by atoms with Crippen molar-refractivity contribution in [2.75, 3.05) is 11.4 Å². The van der Waals surface area contributed by atoms with Gasteiger partial charge in [-0.05, 0) is 60.4 Å². The van der Waals surface area contributed by atoms with E-state index >= 15 is 17.6 Å². The Hall–Kier alpha value is -5.95. The van der Waals surface area contributed by atoms with Gasteiger partial charge in [-0.3, -0.25) is 9.89 Å². The van der Waals surface area contributed by atoms with E-state index in [0.29, 0.717) is 23.2 Å². The van der Waals surface area contributed by atoms with Crippen molar-refractivity contribution in [3.05, 3.63) is 139 Å². The largest absolute Gasteiger partial charge is 0.477 e. The van der Waals surface area contributed by atoms with Crippen LogP contribution >= 0.6 is 0 Å². The van der Waals surface area contributed by atoms with E-state index in [1.165, 1.54) is 24.3 Å². The zero-order valence-electron chi connectivity index (χ0n) is 24.5. The highest BCUT2D eigenvalue weighted by atomic mass is 19.2. The molecule has 0 spiro atoms. The molecule has 250 valence electrons. The second-order valence-electron chi connectivity index (χ2n) is 10.7. The standard InChI is InChI=1S/C34H18F9N3O3/c35-22-20(23(36)27(40)28(41)26(22)39)21-24(37)29(42)32(30(43)25(21)38)45-13-5-7-16-14-15(11-12-19(16)45)6-4-10-18-31(34(48)49)44-46(33(18)47)17-8-2-1-3-9-17/h1-3,6,8-12,14,44H,5,7,13H2,(H,48,49). The van der Waals surface area contributed by atoms with Crippen LogP contribution in [0.4, 0.5) is 50.9 Å². The number of carbonyl (C=O) groups is 1. The van der Waals surface area contributed by atoms with Crippen molar-refractivity contribution in [3.63, 3.8) is 0 Å². The Morgan fingerprint density at radius 3 is 1.92 bits per heavy atom. The van der Waals surface area contributed by atoms with Crippen LogP contribution in [0.25, 0.3) is 29.0 Å². The molecule has 1 aliphatic rings. The van der Waals surface area contributed by atoms with Crippen molar-refractivity contribution in [2.24, 2.45) is 0 Å². The van der Waals surface area contributed by atoms with Gasteiger partial charge >= 0.3 is 5.97 Å². The molecule has 0 bridgehead atoms. The van der Waals surface area contributed by atoms with Crippen LogP contribution in [0.2, 0.25) is 0 Å². The van der Waals surface area contributed by atoms with Crippen LogP contribution in [0.3, 0.4) is 0 Å². The average molecular weight is 688 g/mol. The third kappa shape index (κ3) is 5.47. The van der Waals surface area contributed by atoms with Crippen LogP contribution in [-0.4, -0.2) is 27.4 Å². The van der Waals surface area contributed by atoms with Crippen LogP contribution in [0.1, 0.15) is 33.6 Å². The highest BCUT2D eigenvalue weighted by Gasteiger charge is 2.36. The Morgan fingerprint density at radius 2 is 1.33 bits per heavy atom. The number of para-hydroxylation sites is 1. The molecule has 5 aromatic rings. The number of aromatic carboxylic acids is 1. The van der Waals surface area contributed by atoms with E-state index in [2.05, 4.69) is 10.8 Å². The maximum absolute atomic E-state index is 15.4. The van der Waals surface area contributed by atoms with Crippen molar-refractivity contribution in [2.45, 2.75) is 12.8 Å². The summed E-state index contributed by atoms with van der Waals surface area (Å²) in [5.74, 6) is -23.6. The molecular formula is C34H18F9N3O3. The number of hydrogen-bond acceptors (Lipinski definition) is 3. The van der Waals surface area contributed by atoms with E-state index in [-0.39, 0.29) is 24.2 Å². The van der Waals surface area contributed by atoms with Crippen molar-refractivity contribution in [1.82, 2.24) is 9.78 Å². The Labute approximate surface area is 269 Å². The van der Waals surface area contributed by atoms with Crippen LogP contribution in [-0.2, 0) is 6.42 Å². The average Bonchev–Trinajstić information content (AvgIpc) is 3.43. The number of benzene rings is 4. The zero-order valence-corrected chi connectivity index (χ0v) is 24.5. The molecule has 15 heteroatoms. The van der Waals surface area contributed by atoms with E-state index < -0.39 is 86.4 Å². The molecule has 0 atom stereocenters. The molecule has 0 amide bonds. The predicted molar refractivity (Wildman–Crippen MR) is 159 cm³/mol. The minimum absolute atomic E-state index is 0.0810. The Bertz CT molecular complexity index is 2250. The quantitative estimate of drug-likeness (QED) is 0.0817. The van der Waals surface area contributed by atoms with E-state index in [4.69, 9.17) is 0 Å². The third-order valence-electron chi connectivity index (χ3n) is 7.82. The molecule has 6 rings (SSSR count). The number of carboxylic acids is 1. The van der Waals surface area contributed by atoms with Crippen LogP contribution in [0.15, 0.2) is 59.1 Å². The van der Waals surface area contributed by atoms with Crippen molar-refractivity contribution in [3.8, 4) is 16.8 Å². The summed E-state index contributed by atoms with van der Waals surface area (Å²) in [5, 5.41) is 12.1. The van der Waals surface area contributed by atoms with Gasteiger partial charge in [0.2, 0.25) is 5.82 Å². The van der Waals surface area contributed by atoms with Crippen LogP contribution in [0.5, 0.6) is 0 Å². The molecule has 0 saturated carbocycles. The lowest BCUT2D eigenvalue weighted by atomic mass is 9.96. The monoisotopic (exact) mass is 687 g/mol. The van der Waals surface area contributed by atoms with Crippen molar-refractivity contribution in [1.29, 1.82) is 0 Å². The molecule has 0 radical (unpaired) electrons. The van der Waals surface area contributed by atoms with Gasteiger partial charge in [-0.15, -0.1) is 5.73 Å². The van der Waals surface area contributed by atoms with E-state index in [9.17, 15) is 36.6 Å². The summed E-state index contributed by atoms with van der Waals surface area (Å²) >= 11 is 0. The first kappa shape index (κ1) is 33.0. The van der Waals surface area contributed by atoms with Gasteiger partial charge in [-0.25, -0.2) is 49.0 Å². The van der Waals surface area contributed by atoms with Gasteiger partial charge in [0.25, 0.3) is 5.56 Å². The van der Waals surface area contributed by atoms with Crippen LogP contribution in [0, 0.1) is 52.4 Å². The fourth-order valence-electron chi connectivity index (χ4n) is 5.57. The summed E-state index contributed by atoms with van der Waals surface area (Å²) in [6.45, 7) is -0.185. The predicted octanol–water partition coefficient (Wildman–Crippen LogP) is 8.19. The van der Waals surface area contributed by atoms with Gasteiger partial charge in [0.1, 0.15) is 5.69 Å². The first-order valence-corrected chi connectivity index (χ1v) is 14.2. The number of nitrogens with zero attached hydrogens (tertiary/aromatic N) is 2. The number of aryl methyl sites for hydroxylation is 1. The second kappa shape index (κ2) is 12.6. The van der Waals surface area contributed by atoms with Gasteiger partial charge in [-0.2, -0.15) is 0 Å². The van der Waals surface area contributed by atoms with E-state index in [1.807, 2.05) is 0 Å². The molecule has 4 aromatic carbocycles. The molecule has 1 aromatic heterocycles. The number of halogens is 9. The molecule has 2 N–H and O–H groups in total. The highest BCUT2D eigenvalue weighted by Crippen LogP contribution is 2.43. The van der Waals surface area contributed by atoms with Gasteiger partial charge in [0.15, 0.2) is 52.2 Å². The minimum atomic E-state index is -2.65. The summed E-state index contributed by atoms with van der Waals surface area (Å²) in [4.78, 5) is 25.6. The van der Waals surface area contributed by atoms with Gasteiger partial charge in [-0.1, -0.05) is 24.3 Å². The third-order valence-corrected chi connectivity index (χ3v) is 7.82. The number of aromatic amines is 1. The summed E-state index contributed by atoms with van der Waals surface area (Å²) in [5.41, 5.74) is -2.81. The number of carboxylic acid groups (broad SMARTS) is 1. The number of hydrogen-bond donors (Lipinski definition) is 2. The van der Waals surface area contributed by atoms with E-state index in [0.717, 1.165) is 15.7 Å². The topological polar surface area (TPSA) is 78.3 Å². The number of fused-ring (bicyclic) bond motifs is 1. The maximum Gasteiger partial charge on any atom is 0.354 e. The van der Waals surface area contributed by atoms with Crippen molar-refractivity contribution >= 4 is 29.5 Å². The minimum Gasteiger partial charge on any atom is -0.477 e. The summed E-state index contributed by atoms with van der Waals surface area (Å²) in [6, 6.07) is 12.5. The van der Waals surface area contributed by atoms with Gasteiger partial charge in [0, 0.05) is 12.2 Å². The van der Waals surface area contributed by atoms with Gasteiger partial charge in [0.05, 0.1) is 22.4 Å². The normalized spacial score (nSPS) is 12.5. The Morgan fingerprint density at radius 1 is 0.755 bits per heavy atom. The highest BCUT2D eigenvalue weighted by molar-refractivity contribution is 5.90. The smallest absolute Gasteiger partial charge is 0.354 e. The maximum atomic E-state index is 15.4. The molecule has 2 heterocycles. The number of anilines is 2. The molecular weight excluding hydrogens is 669 g/mol. The SMILES string of the molecule is O=C(O)c1[nH]n(-c2ccccc2)c(=O)c1C=C=Cc1ccc2c(c1)CCCN2c1c(F)c(F)c(-c2c(F)c(F)c(F)c(F)c2F)c(F)c1F. The molecule has 0 aliphatic carbocycles. The number of H-pyrrole nitrogens is 1. The fourth-order valence-corrected chi connectivity index (χ4v) is 5.57. The summed E-state index contributed by atoms with van der Waals surface area (Å²) < 4.78 is 132. The Balaban J connectivity index is 1.38. The Kier molecular flexibility index (Phi) is 8.46. The van der Waals surface area contributed by atoms with Gasteiger partial charge < -0.3 is 10.0 Å². The zero-order chi connectivity index (χ0) is 35.3. The molecule has 49 heavy (non-hydrogen) atoms. The molecule has 6 nitrogen and oxygen atoms in total. The number of aromatic nitrogens is 2.